The van der Waals surface area contributed by atoms with Crippen molar-refractivity contribution in [3.05, 3.63) is 35.9 Å². The molecule has 0 spiro atoms. The summed E-state index contributed by atoms with van der Waals surface area (Å²) in [4.78, 5) is 0. The molecular weight excluding hydrogens is 188 g/mol. The Morgan fingerprint density at radius 3 is 1.93 bits per heavy atom. The van der Waals surface area contributed by atoms with Gasteiger partial charge in [-0.05, 0) is 12.5 Å². The molecule has 14 heavy (non-hydrogen) atoms. The molecule has 1 nitrogen and oxygen atoms in total. The summed E-state index contributed by atoms with van der Waals surface area (Å²) < 4.78 is 5.75. The molecular formula is C12H20OSi. The van der Waals surface area contributed by atoms with E-state index in [0.29, 0.717) is 0 Å². The number of methoxy groups -OCH3 is 1. The van der Waals surface area contributed by atoms with Gasteiger partial charge in [0, 0.05) is 7.11 Å². The number of ether oxygens (including phenoxy) is 1. The van der Waals surface area contributed by atoms with E-state index < -0.39 is 8.07 Å². The predicted octanol–water partition coefficient (Wildman–Crippen LogP) is 3.43. The fourth-order valence-corrected chi connectivity index (χ4v) is 3.26. The van der Waals surface area contributed by atoms with Gasteiger partial charge in [0.1, 0.15) is 0 Å². The molecule has 0 aromatic heterocycles. The topological polar surface area (TPSA) is 9.23 Å². The lowest BCUT2D eigenvalue weighted by molar-refractivity contribution is 0.0671. The molecule has 78 valence electrons. The molecule has 0 saturated carbocycles. The minimum absolute atomic E-state index is 0.0890. The van der Waals surface area contributed by atoms with E-state index >= 15 is 0 Å². The number of benzene rings is 1. The predicted molar refractivity (Wildman–Crippen MR) is 64.1 cm³/mol. The summed E-state index contributed by atoms with van der Waals surface area (Å²) in [6.07, 6.45) is 0. The first-order valence-corrected chi connectivity index (χ1v) is 8.52. The normalized spacial score (nSPS) is 16.4. The monoisotopic (exact) mass is 208 g/mol. The first-order valence-electron chi connectivity index (χ1n) is 5.02. The third kappa shape index (κ3) is 1.91. The van der Waals surface area contributed by atoms with Crippen LogP contribution in [-0.4, -0.2) is 15.2 Å². The lowest BCUT2D eigenvalue weighted by atomic mass is 10.1. The van der Waals surface area contributed by atoms with Crippen LogP contribution in [0.4, 0.5) is 0 Å². The lowest BCUT2D eigenvalue weighted by Crippen LogP contribution is -2.48. The van der Waals surface area contributed by atoms with Crippen molar-refractivity contribution >= 4 is 8.07 Å². The van der Waals surface area contributed by atoms with E-state index in [1.807, 2.05) is 13.2 Å². The SMILES string of the molecule is COC(C)(c1ccccc1)[Si](C)(C)C. The van der Waals surface area contributed by atoms with Crippen molar-refractivity contribution in [3.63, 3.8) is 0 Å². The summed E-state index contributed by atoms with van der Waals surface area (Å²) in [5, 5.41) is -0.0890. The fourth-order valence-electron chi connectivity index (χ4n) is 1.61. The van der Waals surface area contributed by atoms with Gasteiger partial charge in [0.25, 0.3) is 0 Å². The highest BCUT2D eigenvalue weighted by molar-refractivity contribution is 6.78. The van der Waals surface area contributed by atoms with Gasteiger partial charge in [-0.25, -0.2) is 0 Å². The minimum Gasteiger partial charge on any atom is -0.377 e. The van der Waals surface area contributed by atoms with E-state index in [4.69, 9.17) is 4.74 Å². The van der Waals surface area contributed by atoms with Crippen molar-refractivity contribution in [2.24, 2.45) is 0 Å². The maximum Gasteiger partial charge on any atom is 0.0877 e. The van der Waals surface area contributed by atoms with Gasteiger partial charge in [-0.1, -0.05) is 50.0 Å². The maximum absolute atomic E-state index is 5.75. The Balaban J connectivity index is 3.15. The second-order valence-electron chi connectivity index (χ2n) is 4.85. The molecule has 1 rings (SSSR count). The Kier molecular flexibility index (Phi) is 3.17. The highest BCUT2D eigenvalue weighted by atomic mass is 28.3. The highest BCUT2D eigenvalue weighted by Gasteiger charge is 2.40. The Bertz CT molecular complexity index is 289. The van der Waals surface area contributed by atoms with Gasteiger partial charge in [0.05, 0.1) is 13.3 Å². The fraction of sp³-hybridized carbons (Fsp3) is 0.500. The molecule has 1 unspecified atom stereocenters. The quantitative estimate of drug-likeness (QED) is 0.692. The van der Waals surface area contributed by atoms with Crippen LogP contribution in [0.1, 0.15) is 12.5 Å². The lowest BCUT2D eigenvalue weighted by Gasteiger charge is -2.39. The molecule has 0 saturated heterocycles. The Morgan fingerprint density at radius 1 is 1.07 bits per heavy atom. The van der Waals surface area contributed by atoms with Crippen LogP contribution in [0.25, 0.3) is 0 Å². The molecule has 1 aromatic rings. The van der Waals surface area contributed by atoms with Gasteiger partial charge in [-0.15, -0.1) is 0 Å². The Morgan fingerprint density at radius 2 is 1.57 bits per heavy atom. The second-order valence-corrected chi connectivity index (χ2v) is 10.3. The van der Waals surface area contributed by atoms with E-state index in [-0.39, 0.29) is 5.22 Å². The van der Waals surface area contributed by atoms with E-state index in [2.05, 4.69) is 50.8 Å². The van der Waals surface area contributed by atoms with Gasteiger partial charge in [-0.3, -0.25) is 0 Å². The third-order valence-corrected chi connectivity index (χ3v) is 6.52. The van der Waals surface area contributed by atoms with Crippen molar-refractivity contribution in [2.45, 2.75) is 31.8 Å². The first kappa shape index (κ1) is 11.5. The van der Waals surface area contributed by atoms with E-state index in [0.717, 1.165) is 0 Å². The number of hydrogen-bond donors (Lipinski definition) is 0. The molecule has 0 aliphatic carbocycles. The molecule has 0 heterocycles. The van der Waals surface area contributed by atoms with Crippen molar-refractivity contribution in [1.29, 1.82) is 0 Å². The van der Waals surface area contributed by atoms with E-state index in [1.165, 1.54) is 5.56 Å². The standard InChI is InChI=1S/C12H20OSi/c1-12(13-2,14(3,4)5)11-9-7-6-8-10-11/h6-10H,1-5H3. The van der Waals surface area contributed by atoms with Gasteiger partial charge in [0.15, 0.2) is 0 Å². The average molecular weight is 208 g/mol. The van der Waals surface area contributed by atoms with Gasteiger partial charge >= 0.3 is 0 Å². The zero-order valence-electron chi connectivity index (χ0n) is 9.79. The molecule has 0 amide bonds. The molecule has 0 fully saturated rings. The molecule has 1 aromatic carbocycles. The maximum atomic E-state index is 5.75. The summed E-state index contributed by atoms with van der Waals surface area (Å²) in [6, 6.07) is 10.5. The summed E-state index contributed by atoms with van der Waals surface area (Å²) >= 11 is 0. The van der Waals surface area contributed by atoms with Gasteiger partial charge in [-0.2, -0.15) is 0 Å². The van der Waals surface area contributed by atoms with E-state index in [9.17, 15) is 0 Å². The molecule has 1 atom stereocenters. The zero-order chi connectivity index (χ0) is 10.8. The zero-order valence-corrected chi connectivity index (χ0v) is 10.8. The first-order chi connectivity index (χ1) is 6.42. The van der Waals surface area contributed by atoms with Gasteiger partial charge < -0.3 is 4.74 Å². The van der Waals surface area contributed by atoms with Crippen LogP contribution >= 0.6 is 0 Å². The van der Waals surface area contributed by atoms with Crippen LogP contribution in [0.15, 0.2) is 30.3 Å². The van der Waals surface area contributed by atoms with Gasteiger partial charge in [0.2, 0.25) is 0 Å². The number of hydrogen-bond acceptors (Lipinski definition) is 1. The molecule has 0 N–H and O–H groups in total. The molecule has 0 aliphatic rings. The van der Waals surface area contributed by atoms with Crippen molar-refractivity contribution in [2.75, 3.05) is 7.11 Å². The van der Waals surface area contributed by atoms with Crippen molar-refractivity contribution in [3.8, 4) is 0 Å². The molecule has 0 aliphatic heterocycles. The van der Waals surface area contributed by atoms with Crippen LogP contribution in [0, 0.1) is 0 Å². The average Bonchev–Trinajstić information content (AvgIpc) is 2.16. The largest absolute Gasteiger partial charge is 0.377 e. The van der Waals surface area contributed by atoms with Crippen LogP contribution in [-0.2, 0) is 9.96 Å². The summed E-state index contributed by atoms with van der Waals surface area (Å²) in [7, 11) is 0.437. The molecule has 2 heteroatoms. The minimum atomic E-state index is -1.37. The van der Waals surface area contributed by atoms with Crippen molar-refractivity contribution in [1.82, 2.24) is 0 Å². The Labute approximate surface area is 88.1 Å². The summed E-state index contributed by atoms with van der Waals surface area (Å²) in [5.41, 5.74) is 1.29. The second kappa shape index (κ2) is 3.87. The smallest absolute Gasteiger partial charge is 0.0877 e. The molecule has 0 radical (unpaired) electrons. The molecule has 0 bridgehead atoms. The summed E-state index contributed by atoms with van der Waals surface area (Å²) in [6.45, 7) is 9.21. The summed E-state index contributed by atoms with van der Waals surface area (Å²) in [5.74, 6) is 0. The van der Waals surface area contributed by atoms with E-state index in [1.54, 1.807) is 0 Å². The van der Waals surface area contributed by atoms with Crippen LogP contribution in [0.2, 0.25) is 19.6 Å². The van der Waals surface area contributed by atoms with Crippen LogP contribution in [0.3, 0.4) is 0 Å². The Hall–Kier alpha value is -0.603. The van der Waals surface area contributed by atoms with Crippen molar-refractivity contribution < 1.29 is 4.74 Å². The van der Waals surface area contributed by atoms with Crippen LogP contribution < -0.4 is 0 Å². The third-order valence-electron chi connectivity index (χ3n) is 3.16. The number of rotatable bonds is 3. The highest BCUT2D eigenvalue weighted by Crippen LogP contribution is 2.34. The van der Waals surface area contributed by atoms with Crippen LogP contribution in [0.5, 0.6) is 0 Å².